The minimum atomic E-state index is -0.439. The highest BCUT2D eigenvalue weighted by molar-refractivity contribution is 6.33. The minimum Gasteiger partial charge on any atom is -0.379 e. The maximum absolute atomic E-state index is 11.0. The van der Waals surface area contributed by atoms with E-state index in [1.54, 1.807) is 12.1 Å². The molecule has 1 atom stereocenters. The van der Waals surface area contributed by atoms with Crippen molar-refractivity contribution in [2.24, 2.45) is 5.92 Å². The third kappa shape index (κ3) is 2.91. The molecule has 0 aliphatic carbocycles. The number of rotatable bonds is 4. The number of para-hydroxylation sites is 1. The molecule has 6 heteroatoms. The molecule has 0 radical (unpaired) electrons. The molecular weight excluding hydrogens is 254 g/mol. The molecule has 1 aliphatic heterocycles. The molecule has 1 heterocycles. The third-order valence-corrected chi connectivity index (χ3v) is 3.54. The summed E-state index contributed by atoms with van der Waals surface area (Å²) < 4.78 is 0. The summed E-state index contributed by atoms with van der Waals surface area (Å²) in [4.78, 5) is 12.8. The lowest BCUT2D eigenvalue weighted by molar-refractivity contribution is -0.383. The Hall–Kier alpha value is -1.33. The van der Waals surface area contributed by atoms with Crippen LogP contribution in [0.2, 0.25) is 5.02 Å². The molecule has 1 N–H and O–H groups in total. The Morgan fingerprint density at radius 3 is 3.00 bits per heavy atom. The summed E-state index contributed by atoms with van der Waals surface area (Å²) in [6, 6.07) is 4.95. The largest absolute Gasteiger partial charge is 0.379 e. The zero-order chi connectivity index (χ0) is 13.1. The minimum absolute atomic E-state index is 0.0366. The molecule has 1 fully saturated rings. The van der Waals surface area contributed by atoms with E-state index in [4.69, 9.17) is 11.6 Å². The van der Waals surface area contributed by atoms with Gasteiger partial charge in [0.1, 0.15) is 10.7 Å². The van der Waals surface area contributed by atoms with E-state index in [0.717, 1.165) is 26.1 Å². The summed E-state index contributed by atoms with van der Waals surface area (Å²) in [5.74, 6) is 0.536. The molecule has 5 nitrogen and oxygen atoms in total. The molecule has 18 heavy (non-hydrogen) atoms. The fourth-order valence-corrected chi connectivity index (χ4v) is 2.53. The fourth-order valence-electron chi connectivity index (χ4n) is 2.29. The molecule has 98 valence electrons. The maximum Gasteiger partial charge on any atom is 0.310 e. The van der Waals surface area contributed by atoms with Crippen LogP contribution in [-0.2, 0) is 0 Å². The molecular formula is C12H16ClN3O2. The van der Waals surface area contributed by atoms with Crippen LogP contribution in [0.15, 0.2) is 18.2 Å². The van der Waals surface area contributed by atoms with Crippen molar-refractivity contribution in [3.05, 3.63) is 33.3 Å². The van der Waals surface area contributed by atoms with E-state index in [1.165, 1.54) is 6.07 Å². The van der Waals surface area contributed by atoms with Crippen molar-refractivity contribution in [3.8, 4) is 0 Å². The van der Waals surface area contributed by atoms with E-state index in [2.05, 4.69) is 17.3 Å². The second kappa shape index (κ2) is 5.54. The summed E-state index contributed by atoms with van der Waals surface area (Å²) in [7, 11) is 2.09. The number of benzene rings is 1. The van der Waals surface area contributed by atoms with Crippen LogP contribution in [0.25, 0.3) is 0 Å². The van der Waals surface area contributed by atoms with Gasteiger partial charge in [-0.05, 0) is 38.1 Å². The maximum atomic E-state index is 11.0. The van der Waals surface area contributed by atoms with Gasteiger partial charge in [0.2, 0.25) is 0 Å². The lowest BCUT2D eigenvalue weighted by Gasteiger charge is -2.13. The van der Waals surface area contributed by atoms with Gasteiger partial charge in [0.15, 0.2) is 0 Å². The van der Waals surface area contributed by atoms with Gasteiger partial charge in [-0.3, -0.25) is 10.1 Å². The summed E-state index contributed by atoms with van der Waals surface area (Å²) in [5, 5.41) is 14.3. The number of nitro benzene ring substituents is 1. The summed E-state index contributed by atoms with van der Waals surface area (Å²) in [5.41, 5.74) is 0.465. The molecule has 0 bridgehead atoms. The predicted molar refractivity (Wildman–Crippen MR) is 72.2 cm³/mol. The Morgan fingerprint density at radius 1 is 1.61 bits per heavy atom. The SMILES string of the molecule is CN1CCC(CNc2cccc(Cl)c2[N+](=O)[O-])C1. The first-order valence-corrected chi connectivity index (χ1v) is 6.31. The first-order valence-electron chi connectivity index (χ1n) is 5.93. The molecule has 0 spiro atoms. The van der Waals surface area contributed by atoms with E-state index in [1.807, 2.05) is 0 Å². The molecule has 1 aromatic carbocycles. The number of nitro groups is 1. The first kappa shape index (κ1) is 13.1. The third-order valence-electron chi connectivity index (χ3n) is 3.24. The average molecular weight is 270 g/mol. The van der Waals surface area contributed by atoms with Gasteiger partial charge in [0.05, 0.1) is 4.92 Å². The average Bonchev–Trinajstić information content (AvgIpc) is 2.72. The molecule has 1 saturated heterocycles. The van der Waals surface area contributed by atoms with Gasteiger partial charge >= 0.3 is 5.69 Å². The van der Waals surface area contributed by atoms with E-state index in [9.17, 15) is 10.1 Å². The van der Waals surface area contributed by atoms with Crippen LogP contribution in [-0.4, -0.2) is 36.5 Å². The normalized spacial score (nSPS) is 20.0. The van der Waals surface area contributed by atoms with Crippen molar-refractivity contribution in [3.63, 3.8) is 0 Å². The monoisotopic (exact) mass is 269 g/mol. The highest BCUT2D eigenvalue weighted by Crippen LogP contribution is 2.32. The van der Waals surface area contributed by atoms with Crippen LogP contribution in [0, 0.1) is 16.0 Å². The number of hydrogen-bond acceptors (Lipinski definition) is 4. The summed E-state index contributed by atoms with van der Waals surface area (Å²) in [6.07, 6.45) is 1.12. The number of nitrogens with zero attached hydrogens (tertiary/aromatic N) is 2. The molecule has 0 amide bonds. The van der Waals surface area contributed by atoms with Crippen molar-refractivity contribution >= 4 is 23.0 Å². The Kier molecular flexibility index (Phi) is 4.04. The molecule has 0 saturated carbocycles. The fraction of sp³-hybridized carbons (Fsp3) is 0.500. The van der Waals surface area contributed by atoms with Gasteiger partial charge < -0.3 is 10.2 Å². The zero-order valence-electron chi connectivity index (χ0n) is 10.2. The molecule has 1 aliphatic rings. The number of hydrogen-bond donors (Lipinski definition) is 1. The highest BCUT2D eigenvalue weighted by atomic mass is 35.5. The van der Waals surface area contributed by atoms with E-state index >= 15 is 0 Å². The smallest absolute Gasteiger partial charge is 0.310 e. The molecule has 0 aromatic heterocycles. The lowest BCUT2D eigenvalue weighted by atomic mass is 10.1. The molecule has 2 rings (SSSR count). The Bertz CT molecular complexity index is 453. The van der Waals surface area contributed by atoms with Crippen LogP contribution >= 0.6 is 11.6 Å². The zero-order valence-corrected chi connectivity index (χ0v) is 11.0. The molecule has 1 aromatic rings. The Balaban J connectivity index is 2.05. The van der Waals surface area contributed by atoms with Crippen molar-refractivity contribution < 1.29 is 4.92 Å². The Morgan fingerprint density at radius 2 is 2.39 bits per heavy atom. The van der Waals surface area contributed by atoms with Crippen molar-refractivity contribution in [1.29, 1.82) is 0 Å². The van der Waals surface area contributed by atoms with Crippen molar-refractivity contribution in [2.75, 3.05) is 32.0 Å². The van der Waals surface area contributed by atoms with Crippen LogP contribution in [0.1, 0.15) is 6.42 Å². The van der Waals surface area contributed by atoms with E-state index < -0.39 is 4.92 Å². The van der Waals surface area contributed by atoms with Crippen LogP contribution < -0.4 is 5.32 Å². The van der Waals surface area contributed by atoms with Gasteiger partial charge in [0, 0.05) is 13.1 Å². The quantitative estimate of drug-likeness (QED) is 0.674. The summed E-state index contributed by atoms with van der Waals surface area (Å²) >= 11 is 5.85. The van der Waals surface area contributed by atoms with Crippen LogP contribution in [0.3, 0.4) is 0 Å². The van der Waals surface area contributed by atoms with Crippen LogP contribution in [0.5, 0.6) is 0 Å². The second-order valence-electron chi connectivity index (χ2n) is 4.69. The standard InChI is InChI=1S/C12H16ClN3O2/c1-15-6-5-9(8-15)7-14-11-4-2-3-10(13)12(11)16(17)18/h2-4,9,14H,5-8H2,1H3. The van der Waals surface area contributed by atoms with Crippen molar-refractivity contribution in [2.45, 2.75) is 6.42 Å². The van der Waals surface area contributed by atoms with E-state index in [0.29, 0.717) is 11.6 Å². The lowest BCUT2D eigenvalue weighted by Crippen LogP contribution is -2.19. The van der Waals surface area contributed by atoms with Gasteiger partial charge in [-0.1, -0.05) is 17.7 Å². The van der Waals surface area contributed by atoms with E-state index in [-0.39, 0.29) is 10.7 Å². The van der Waals surface area contributed by atoms with Crippen molar-refractivity contribution in [1.82, 2.24) is 4.90 Å². The van der Waals surface area contributed by atoms with Gasteiger partial charge in [-0.15, -0.1) is 0 Å². The van der Waals surface area contributed by atoms with Crippen LogP contribution in [0.4, 0.5) is 11.4 Å². The topological polar surface area (TPSA) is 58.4 Å². The van der Waals surface area contributed by atoms with Gasteiger partial charge in [0.25, 0.3) is 0 Å². The highest BCUT2D eigenvalue weighted by Gasteiger charge is 2.22. The number of halogens is 1. The Labute approximate surface area is 111 Å². The second-order valence-corrected chi connectivity index (χ2v) is 5.10. The van der Waals surface area contributed by atoms with Gasteiger partial charge in [-0.2, -0.15) is 0 Å². The first-order chi connectivity index (χ1) is 8.58. The summed E-state index contributed by atoms with van der Waals surface area (Å²) in [6.45, 7) is 2.86. The number of anilines is 1. The number of nitrogens with one attached hydrogen (secondary N) is 1. The van der Waals surface area contributed by atoms with Gasteiger partial charge in [-0.25, -0.2) is 0 Å². The predicted octanol–water partition coefficient (Wildman–Crippen LogP) is 2.61. The molecule has 1 unspecified atom stereocenters. The number of likely N-dealkylation sites (tertiary alicyclic amines) is 1.